The number of nitrogens with one attached hydrogen (secondary N) is 2. The molecule has 1 saturated carbocycles. The number of carbonyl (C=O) groups excluding carboxylic acids is 1. The Balaban J connectivity index is 2.27. The van der Waals surface area contributed by atoms with Crippen LogP contribution in [0.4, 0.5) is 11.4 Å². The second kappa shape index (κ2) is 6.06. The van der Waals surface area contributed by atoms with Crippen molar-refractivity contribution >= 4 is 28.9 Å². The first-order valence-electron chi connectivity index (χ1n) is 6.28. The van der Waals surface area contributed by atoms with Crippen LogP contribution in [0.3, 0.4) is 0 Å². The van der Waals surface area contributed by atoms with E-state index in [1.54, 1.807) is 0 Å². The van der Waals surface area contributed by atoms with E-state index in [1.807, 2.05) is 0 Å². The van der Waals surface area contributed by atoms with Gasteiger partial charge in [0.25, 0.3) is 11.6 Å². The van der Waals surface area contributed by atoms with E-state index in [1.165, 1.54) is 12.1 Å². The standard InChI is InChI=1S/C12H15ClN4O3/c13-9-5-7(6-10(17(19)20)11(9)16-14)12(18)15-8-3-1-2-4-8/h5-6,8,16H,1-4,14H2,(H,15,18). The highest BCUT2D eigenvalue weighted by atomic mass is 35.5. The van der Waals surface area contributed by atoms with E-state index in [9.17, 15) is 14.9 Å². The number of hydrogen-bond donors (Lipinski definition) is 3. The largest absolute Gasteiger partial charge is 0.349 e. The Bertz CT molecular complexity index is 544. The highest BCUT2D eigenvalue weighted by molar-refractivity contribution is 6.34. The molecule has 0 spiro atoms. The summed E-state index contributed by atoms with van der Waals surface area (Å²) in [4.78, 5) is 22.4. The van der Waals surface area contributed by atoms with Gasteiger partial charge in [0, 0.05) is 17.7 Å². The summed E-state index contributed by atoms with van der Waals surface area (Å²) < 4.78 is 0. The summed E-state index contributed by atoms with van der Waals surface area (Å²) in [6.45, 7) is 0. The Kier molecular flexibility index (Phi) is 4.41. The van der Waals surface area contributed by atoms with E-state index < -0.39 is 4.92 Å². The molecule has 0 aromatic heterocycles. The van der Waals surface area contributed by atoms with Crippen LogP contribution in [0.2, 0.25) is 5.02 Å². The minimum atomic E-state index is -0.632. The summed E-state index contributed by atoms with van der Waals surface area (Å²) in [5.74, 6) is 4.85. The van der Waals surface area contributed by atoms with Crippen LogP contribution in [0, 0.1) is 10.1 Å². The van der Waals surface area contributed by atoms with Crippen molar-refractivity contribution in [2.24, 2.45) is 5.84 Å². The van der Waals surface area contributed by atoms with Gasteiger partial charge in [-0.05, 0) is 18.9 Å². The maximum atomic E-state index is 12.1. The summed E-state index contributed by atoms with van der Waals surface area (Å²) in [5.41, 5.74) is 2.01. The SMILES string of the molecule is NNc1c(Cl)cc(C(=O)NC2CCCC2)cc1[N+](=O)[O-]. The molecule has 2 rings (SSSR count). The van der Waals surface area contributed by atoms with Crippen LogP contribution in [0.25, 0.3) is 0 Å². The molecule has 0 saturated heterocycles. The van der Waals surface area contributed by atoms with Crippen LogP contribution in [-0.4, -0.2) is 16.9 Å². The predicted molar refractivity (Wildman–Crippen MR) is 75.6 cm³/mol. The number of amides is 1. The zero-order valence-corrected chi connectivity index (χ0v) is 11.4. The molecule has 1 aromatic rings. The van der Waals surface area contributed by atoms with Crippen molar-refractivity contribution in [1.29, 1.82) is 0 Å². The summed E-state index contributed by atoms with van der Waals surface area (Å²) >= 11 is 5.91. The molecule has 20 heavy (non-hydrogen) atoms. The lowest BCUT2D eigenvalue weighted by molar-refractivity contribution is -0.384. The van der Waals surface area contributed by atoms with Gasteiger partial charge in [-0.3, -0.25) is 20.8 Å². The van der Waals surface area contributed by atoms with Gasteiger partial charge in [0.05, 0.1) is 9.95 Å². The third-order valence-corrected chi connectivity index (χ3v) is 3.66. The van der Waals surface area contributed by atoms with E-state index in [0.29, 0.717) is 0 Å². The highest BCUT2D eigenvalue weighted by Crippen LogP contribution is 2.33. The maximum Gasteiger partial charge on any atom is 0.295 e. The molecule has 0 heterocycles. The number of nitrogens with two attached hydrogens (primary N) is 1. The molecule has 1 aromatic carbocycles. The van der Waals surface area contributed by atoms with Crippen molar-refractivity contribution < 1.29 is 9.72 Å². The third kappa shape index (κ3) is 3.00. The monoisotopic (exact) mass is 298 g/mol. The van der Waals surface area contributed by atoms with E-state index in [-0.39, 0.29) is 33.9 Å². The molecule has 0 radical (unpaired) electrons. The fourth-order valence-corrected chi connectivity index (χ4v) is 2.62. The number of nitro benzene ring substituents is 1. The second-order valence-corrected chi connectivity index (χ2v) is 5.12. The molecule has 1 amide bonds. The summed E-state index contributed by atoms with van der Waals surface area (Å²) in [6.07, 6.45) is 4.04. The Morgan fingerprint density at radius 3 is 2.60 bits per heavy atom. The Hall–Kier alpha value is -1.86. The second-order valence-electron chi connectivity index (χ2n) is 4.71. The number of anilines is 1. The molecule has 7 nitrogen and oxygen atoms in total. The van der Waals surface area contributed by atoms with Crippen molar-refractivity contribution in [3.63, 3.8) is 0 Å². The van der Waals surface area contributed by atoms with E-state index >= 15 is 0 Å². The van der Waals surface area contributed by atoms with Crippen LogP contribution in [0.15, 0.2) is 12.1 Å². The Morgan fingerprint density at radius 1 is 1.40 bits per heavy atom. The first-order valence-corrected chi connectivity index (χ1v) is 6.66. The number of nitro groups is 1. The van der Waals surface area contributed by atoms with Crippen molar-refractivity contribution in [2.75, 3.05) is 5.43 Å². The maximum absolute atomic E-state index is 12.1. The lowest BCUT2D eigenvalue weighted by Crippen LogP contribution is -2.32. The summed E-state index contributed by atoms with van der Waals surface area (Å²) in [6, 6.07) is 2.67. The van der Waals surface area contributed by atoms with E-state index in [0.717, 1.165) is 25.7 Å². The number of halogens is 1. The van der Waals surface area contributed by atoms with Crippen molar-refractivity contribution in [2.45, 2.75) is 31.7 Å². The molecule has 0 aliphatic heterocycles. The van der Waals surface area contributed by atoms with Gasteiger partial charge in [-0.2, -0.15) is 0 Å². The number of hydrazine groups is 1. The van der Waals surface area contributed by atoms with Crippen LogP contribution < -0.4 is 16.6 Å². The number of carbonyl (C=O) groups is 1. The summed E-state index contributed by atoms with van der Waals surface area (Å²) in [5, 5.41) is 13.9. The quantitative estimate of drug-likeness (QED) is 0.448. The molecule has 0 unspecified atom stereocenters. The lowest BCUT2D eigenvalue weighted by atomic mass is 10.1. The fourth-order valence-electron chi connectivity index (χ4n) is 2.35. The van der Waals surface area contributed by atoms with Crippen molar-refractivity contribution in [3.05, 3.63) is 32.8 Å². The van der Waals surface area contributed by atoms with Gasteiger partial charge in [-0.15, -0.1) is 0 Å². The first-order chi connectivity index (χ1) is 9.52. The average molecular weight is 299 g/mol. The van der Waals surface area contributed by atoms with E-state index in [2.05, 4.69) is 10.7 Å². The molecule has 1 aliphatic carbocycles. The minimum Gasteiger partial charge on any atom is -0.349 e. The minimum absolute atomic E-state index is 0.00548. The van der Waals surface area contributed by atoms with Crippen LogP contribution in [0.5, 0.6) is 0 Å². The smallest absolute Gasteiger partial charge is 0.295 e. The van der Waals surface area contributed by atoms with E-state index in [4.69, 9.17) is 17.4 Å². The van der Waals surface area contributed by atoms with Gasteiger partial charge in [-0.1, -0.05) is 24.4 Å². The van der Waals surface area contributed by atoms with Crippen LogP contribution >= 0.6 is 11.6 Å². The number of hydrogen-bond acceptors (Lipinski definition) is 5. The fraction of sp³-hybridized carbons (Fsp3) is 0.417. The van der Waals surface area contributed by atoms with Crippen LogP contribution in [-0.2, 0) is 0 Å². The van der Waals surface area contributed by atoms with Gasteiger partial charge in [0.2, 0.25) is 0 Å². The van der Waals surface area contributed by atoms with Gasteiger partial charge in [0.15, 0.2) is 0 Å². The lowest BCUT2D eigenvalue weighted by Gasteiger charge is -2.13. The normalized spacial score (nSPS) is 15.1. The Morgan fingerprint density at radius 2 is 2.05 bits per heavy atom. The van der Waals surface area contributed by atoms with Gasteiger partial charge < -0.3 is 10.7 Å². The molecular weight excluding hydrogens is 284 g/mol. The molecule has 1 aliphatic rings. The van der Waals surface area contributed by atoms with Crippen LogP contribution in [0.1, 0.15) is 36.0 Å². The predicted octanol–water partition coefficient (Wildman–Crippen LogP) is 2.21. The summed E-state index contributed by atoms with van der Waals surface area (Å²) in [7, 11) is 0. The molecule has 1 fully saturated rings. The first kappa shape index (κ1) is 14.5. The highest BCUT2D eigenvalue weighted by Gasteiger charge is 2.23. The zero-order chi connectivity index (χ0) is 14.7. The molecule has 4 N–H and O–H groups in total. The van der Waals surface area contributed by atoms with Gasteiger partial charge in [-0.25, -0.2) is 0 Å². The number of rotatable bonds is 4. The molecule has 8 heteroatoms. The van der Waals surface area contributed by atoms with Crippen molar-refractivity contribution in [3.8, 4) is 0 Å². The zero-order valence-electron chi connectivity index (χ0n) is 10.7. The number of nitrogens with zero attached hydrogens (tertiary/aromatic N) is 1. The average Bonchev–Trinajstić information content (AvgIpc) is 2.90. The molecule has 0 atom stereocenters. The Labute approximate surface area is 120 Å². The number of benzene rings is 1. The topological polar surface area (TPSA) is 110 Å². The van der Waals surface area contributed by atoms with Gasteiger partial charge in [0.1, 0.15) is 5.69 Å². The molecular formula is C12H15ClN4O3. The molecule has 0 bridgehead atoms. The third-order valence-electron chi connectivity index (χ3n) is 3.36. The van der Waals surface area contributed by atoms with Gasteiger partial charge >= 0.3 is 0 Å². The van der Waals surface area contributed by atoms with Crippen molar-refractivity contribution in [1.82, 2.24) is 5.32 Å². The number of nitrogen functional groups attached to an aromatic ring is 1. The molecule has 108 valence electrons.